The van der Waals surface area contributed by atoms with Crippen molar-refractivity contribution in [2.24, 2.45) is 0 Å². The number of carbonyl (C=O) groups is 1. The van der Waals surface area contributed by atoms with E-state index in [0.29, 0.717) is 12.4 Å². The highest BCUT2D eigenvalue weighted by Crippen LogP contribution is 2.30. The van der Waals surface area contributed by atoms with Crippen LogP contribution in [-0.4, -0.2) is 23.3 Å². The molecule has 0 unspecified atom stereocenters. The summed E-state index contributed by atoms with van der Waals surface area (Å²) in [4.78, 5) is 16.0. The first-order chi connectivity index (χ1) is 9.60. The van der Waals surface area contributed by atoms with Gasteiger partial charge in [0, 0.05) is 27.7 Å². The molecule has 1 heterocycles. The van der Waals surface area contributed by atoms with Gasteiger partial charge in [0.1, 0.15) is 5.75 Å². The van der Waals surface area contributed by atoms with Crippen molar-refractivity contribution in [2.75, 3.05) is 12.4 Å². The van der Waals surface area contributed by atoms with E-state index in [0.717, 1.165) is 27.2 Å². The lowest BCUT2D eigenvalue weighted by molar-refractivity contribution is -0.305. The van der Waals surface area contributed by atoms with E-state index in [2.05, 4.69) is 4.98 Å². The minimum Gasteiger partial charge on any atom is -0.550 e. The van der Waals surface area contributed by atoms with E-state index >= 15 is 0 Å². The number of nitrogens with zero attached hydrogens (tertiary/aromatic N) is 1. The molecule has 20 heavy (non-hydrogen) atoms. The van der Waals surface area contributed by atoms with E-state index in [-0.39, 0.29) is 6.42 Å². The number of aryl methyl sites for hydroxylation is 1. The lowest BCUT2D eigenvalue weighted by atomic mass is 10.2. The van der Waals surface area contributed by atoms with Gasteiger partial charge < -0.3 is 14.6 Å². The summed E-state index contributed by atoms with van der Waals surface area (Å²) in [7, 11) is 0. The fraction of sp³-hybridized carbons (Fsp3) is 0.333. The average molecular weight is 290 g/mol. The summed E-state index contributed by atoms with van der Waals surface area (Å²) in [6.07, 6.45) is 0.0404. The number of hydrogen-bond donors (Lipinski definition) is 0. The summed E-state index contributed by atoms with van der Waals surface area (Å²) in [6.45, 7) is 4.48. The number of aliphatic carboxylic acids is 1. The Morgan fingerprint density at radius 3 is 2.90 bits per heavy atom. The van der Waals surface area contributed by atoms with Crippen LogP contribution in [0.15, 0.2) is 29.2 Å². The molecule has 0 radical (unpaired) electrons. The number of thioether (sulfide) groups is 1. The molecule has 1 aromatic carbocycles. The van der Waals surface area contributed by atoms with Gasteiger partial charge in [0.2, 0.25) is 0 Å². The molecule has 0 N–H and O–H groups in total. The van der Waals surface area contributed by atoms with Crippen molar-refractivity contribution in [1.82, 2.24) is 4.98 Å². The number of pyridine rings is 1. The normalized spacial score (nSPS) is 10.7. The molecule has 1 aromatic heterocycles. The lowest BCUT2D eigenvalue weighted by Crippen LogP contribution is -2.22. The second-order valence-electron chi connectivity index (χ2n) is 4.34. The fourth-order valence-corrected chi connectivity index (χ4v) is 2.98. The van der Waals surface area contributed by atoms with Crippen LogP contribution in [0.4, 0.5) is 0 Å². The molecule has 5 heteroatoms. The molecule has 0 aliphatic heterocycles. The molecule has 0 spiro atoms. The molecule has 0 aliphatic carbocycles. The zero-order chi connectivity index (χ0) is 14.5. The summed E-state index contributed by atoms with van der Waals surface area (Å²) >= 11 is 1.50. The predicted molar refractivity (Wildman–Crippen MR) is 78.0 cm³/mol. The number of rotatable bonds is 6. The second kappa shape index (κ2) is 6.61. The van der Waals surface area contributed by atoms with Crippen LogP contribution in [-0.2, 0) is 4.79 Å². The highest BCUT2D eigenvalue weighted by Gasteiger charge is 2.06. The van der Waals surface area contributed by atoms with Crippen molar-refractivity contribution >= 4 is 28.6 Å². The van der Waals surface area contributed by atoms with Gasteiger partial charge in [0.25, 0.3) is 0 Å². The van der Waals surface area contributed by atoms with Gasteiger partial charge in [-0.2, -0.15) is 0 Å². The molecule has 106 valence electrons. The number of carboxylic acids is 1. The average Bonchev–Trinajstić information content (AvgIpc) is 2.39. The third-order valence-corrected chi connectivity index (χ3v) is 3.80. The number of ether oxygens (including phenoxy) is 1. The minimum absolute atomic E-state index is 0.0404. The molecule has 4 nitrogen and oxygen atoms in total. The SMILES string of the molecule is CCOc1ccc2nc(C)cc(SCCC(=O)[O-])c2c1. The number of carboxylic acid groups (broad SMARTS) is 1. The van der Waals surface area contributed by atoms with Crippen molar-refractivity contribution in [1.29, 1.82) is 0 Å². The summed E-state index contributed by atoms with van der Waals surface area (Å²) in [5.41, 5.74) is 1.81. The van der Waals surface area contributed by atoms with Crippen LogP contribution in [0.2, 0.25) is 0 Å². The van der Waals surface area contributed by atoms with Crippen molar-refractivity contribution in [3.63, 3.8) is 0 Å². The fourth-order valence-electron chi connectivity index (χ4n) is 1.92. The topological polar surface area (TPSA) is 62.2 Å². The Hall–Kier alpha value is -1.75. The molecule has 0 amide bonds. The van der Waals surface area contributed by atoms with Crippen molar-refractivity contribution in [3.8, 4) is 5.75 Å². The van der Waals surface area contributed by atoms with Gasteiger partial charge in [-0.3, -0.25) is 4.98 Å². The zero-order valence-corrected chi connectivity index (χ0v) is 12.3. The Balaban J connectivity index is 2.34. The van der Waals surface area contributed by atoms with E-state index < -0.39 is 5.97 Å². The van der Waals surface area contributed by atoms with Crippen molar-refractivity contribution in [3.05, 3.63) is 30.0 Å². The van der Waals surface area contributed by atoms with Gasteiger partial charge in [-0.25, -0.2) is 0 Å². The molecule has 0 saturated carbocycles. The molecule has 0 bridgehead atoms. The number of hydrogen-bond acceptors (Lipinski definition) is 5. The van der Waals surface area contributed by atoms with Crippen LogP contribution in [0.5, 0.6) is 5.75 Å². The molecule has 0 atom stereocenters. The predicted octanol–water partition coefficient (Wildman–Crippen LogP) is 2.17. The van der Waals surface area contributed by atoms with E-state index in [9.17, 15) is 9.90 Å². The molecular formula is C15H16NO3S-. The summed E-state index contributed by atoms with van der Waals surface area (Å²) in [5, 5.41) is 11.5. The first-order valence-corrected chi connectivity index (χ1v) is 7.45. The van der Waals surface area contributed by atoms with Gasteiger partial charge in [-0.15, -0.1) is 11.8 Å². The van der Waals surface area contributed by atoms with Crippen LogP contribution < -0.4 is 9.84 Å². The summed E-state index contributed by atoms with van der Waals surface area (Å²) in [5.74, 6) is 0.259. The van der Waals surface area contributed by atoms with Crippen LogP contribution in [0.25, 0.3) is 10.9 Å². The second-order valence-corrected chi connectivity index (χ2v) is 5.48. The lowest BCUT2D eigenvalue weighted by Gasteiger charge is -2.10. The molecule has 2 rings (SSSR count). The third-order valence-electron chi connectivity index (χ3n) is 2.75. The molecule has 0 fully saturated rings. The Labute approximate surface area is 122 Å². The minimum atomic E-state index is -1.03. The largest absolute Gasteiger partial charge is 0.550 e. The van der Waals surface area contributed by atoms with Crippen molar-refractivity contribution in [2.45, 2.75) is 25.2 Å². The first kappa shape index (κ1) is 14.7. The van der Waals surface area contributed by atoms with E-state index in [4.69, 9.17) is 4.74 Å². The third kappa shape index (κ3) is 3.63. The van der Waals surface area contributed by atoms with Crippen molar-refractivity contribution < 1.29 is 14.6 Å². The van der Waals surface area contributed by atoms with Gasteiger partial charge >= 0.3 is 0 Å². The van der Waals surface area contributed by atoms with Gasteiger partial charge in [-0.05, 0) is 44.5 Å². The van der Waals surface area contributed by atoms with Gasteiger partial charge in [0.05, 0.1) is 12.1 Å². The number of carbonyl (C=O) groups excluding carboxylic acids is 1. The number of fused-ring (bicyclic) bond motifs is 1. The Kier molecular flexibility index (Phi) is 4.84. The maximum atomic E-state index is 10.5. The number of aromatic nitrogens is 1. The summed E-state index contributed by atoms with van der Waals surface area (Å²) in [6, 6.07) is 7.74. The van der Waals surface area contributed by atoms with Gasteiger partial charge in [0.15, 0.2) is 0 Å². The highest BCUT2D eigenvalue weighted by molar-refractivity contribution is 7.99. The molecule has 0 saturated heterocycles. The molecular weight excluding hydrogens is 274 g/mol. The molecule has 2 aromatic rings. The van der Waals surface area contributed by atoms with E-state index in [1.54, 1.807) is 0 Å². The van der Waals surface area contributed by atoms with E-state index in [1.807, 2.05) is 38.1 Å². The molecule has 0 aliphatic rings. The van der Waals surface area contributed by atoms with E-state index in [1.165, 1.54) is 11.8 Å². The van der Waals surface area contributed by atoms with Gasteiger partial charge in [-0.1, -0.05) is 0 Å². The summed E-state index contributed by atoms with van der Waals surface area (Å²) < 4.78 is 5.50. The Morgan fingerprint density at radius 1 is 1.40 bits per heavy atom. The zero-order valence-electron chi connectivity index (χ0n) is 11.5. The maximum Gasteiger partial charge on any atom is 0.120 e. The monoisotopic (exact) mass is 290 g/mol. The number of benzene rings is 1. The van der Waals surface area contributed by atoms with Crippen LogP contribution >= 0.6 is 11.8 Å². The van der Waals surface area contributed by atoms with Crippen LogP contribution in [0.3, 0.4) is 0 Å². The maximum absolute atomic E-state index is 10.5. The quantitative estimate of drug-likeness (QED) is 0.763. The Bertz CT molecular complexity index is 628. The van der Waals surface area contributed by atoms with Crippen LogP contribution in [0, 0.1) is 6.92 Å². The highest BCUT2D eigenvalue weighted by atomic mass is 32.2. The standard InChI is InChI=1S/C15H17NO3S/c1-3-19-11-4-5-13-12(9-11)14(8-10(2)16-13)20-7-6-15(17)18/h4-5,8-9H,3,6-7H2,1-2H3,(H,17,18)/p-1. The smallest absolute Gasteiger partial charge is 0.120 e. The Morgan fingerprint density at radius 2 is 2.20 bits per heavy atom. The van der Waals surface area contributed by atoms with Crippen LogP contribution in [0.1, 0.15) is 19.0 Å². The first-order valence-electron chi connectivity index (χ1n) is 6.47.